The summed E-state index contributed by atoms with van der Waals surface area (Å²) in [5, 5.41) is 9.30. The van der Waals surface area contributed by atoms with Crippen molar-refractivity contribution >= 4 is 17.6 Å². The normalized spacial score (nSPS) is 17.5. The Balaban J connectivity index is 1.60. The van der Waals surface area contributed by atoms with Crippen LogP contribution in [0.3, 0.4) is 0 Å². The molecule has 2 aliphatic rings. The van der Waals surface area contributed by atoms with E-state index in [4.69, 9.17) is 19.3 Å². The highest BCUT2D eigenvalue weighted by molar-refractivity contribution is 6.05. The molecule has 10 heteroatoms. The van der Waals surface area contributed by atoms with Gasteiger partial charge in [0.2, 0.25) is 0 Å². The number of nitrogens with zero attached hydrogens (tertiary/aromatic N) is 4. The first-order valence-corrected chi connectivity index (χ1v) is 13.8. The summed E-state index contributed by atoms with van der Waals surface area (Å²) >= 11 is 0. The van der Waals surface area contributed by atoms with Gasteiger partial charge in [-0.2, -0.15) is 5.10 Å². The first-order valence-electron chi connectivity index (χ1n) is 13.8. The lowest BCUT2D eigenvalue weighted by Crippen LogP contribution is -2.50. The van der Waals surface area contributed by atoms with E-state index in [0.29, 0.717) is 44.2 Å². The van der Waals surface area contributed by atoms with Gasteiger partial charge >= 0.3 is 6.03 Å². The van der Waals surface area contributed by atoms with Crippen molar-refractivity contribution in [2.24, 2.45) is 5.10 Å². The maximum Gasteiger partial charge on any atom is 0.318 e. The van der Waals surface area contributed by atoms with Crippen LogP contribution >= 0.6 is 0 Å². The van der Waals surface area contributed by atoms with Crippen LogP contribution in [0.15, 0.2) is 47.6 Å². The first kappa shape index (κ1) is 29.4. The summed E-state index contributed by atoms with van der Waals surface area (Å²) < 4.78 is 16.4. The molecule has 1 fully saturated rings. The van der Waals surface area contributed by atoms with Crippen molar-refractivity contribution in [3.05, 3.63) is 59.2 Å². The number of aryl methyl sites for hydroxylation is 1. The predicted molar refractivity (Wildman–Crippen MR) is 154 cm³/mol. The number of nitrogens with one attached hydrogen (secondary N) is 1. The van der Waals surface area contributed by atoms with Crippen LogP contribution in [0.2, 0.25) is 0 Å². The second-order valence-corrected chi connectivity index (χ2v) is 10.5. The number of hydrogen-bond acceptors (Lipinski definition) is 7. The Bertz CT molecular complexity index is 1190. The number of methoxy groups -OCH3 is 2. The van der Waals surface area contributed by atoms with E-state index in [0.717, 1.165) is 35.5 Å². The topological polar surface area (TPSA) is 95.9 Å². The van der Waals surface area contributed by atoms with Gasteiger partial charge in [-0.15, -0.1) is 0 Å². The molecule has 2 aliphatic heterocycles. The van der Waals surface area contributed by atoms with Gasteiger partial charge in [0, 0.05) is 50.3 Å². The molecule has 0 radical (unpaired) electrons. The van der Waals surface area contributed by atoms with Gasteiger partial charge < -0.3 is 24.4 Å². The second kappa shape index (κ2) is 13.6. The molecule has 0 bridgehead atoms. The molecular weight excluding hydrogens is 510 g/mol. The van der Waals surface area contributed by atoms with Gasteiger partial charge in [-0.1, -0.05) is 29.8 Å². The summed E-state index contributed by atoms with van der Waals surface area (Å²) in [5.41, 5.74) is 3.66. The summed E-state index contributed by atoms with van der Waals surface area (Å²) in [6.45, 7) is 9.84. The van der Waals surface area contributed by atoms with Gasteiger partial charge in [0.15, 0.2) is 0 Å². The molecule has 0 aliphatic carbocycles. The van der Waals surface area contributed by atoms with Crippen LogP contribution in [0.5, 0.6) is 11.5 Å². The number of rotatable bonds is 10. The third kappa shape index (κ3) is 7.31. The minimum atomic E-state index is -0.302. The zero-order valence-corrected chi connectivity index (χ0v) is 24.2. The van der Waals surface area contributed by atoms with Gasteiger partial charge in [0.05, 0.1) is 39.2 Å². The van der Waals surface area contributed by atoms with Crippen LogP contribution in [0.1, 0.15) is 43.0 Å². The molecule has 0 unspecified atom stereocenters. The van der Waals surface area contributed by atoms with E-state index in [1.54, 1.807) is 19.1 Å². The Hall–Kier alpha value is -3.63. The van der Waals surface area contributed by atoms with Crippen molar-refractivity contribution in [3.8, 4) is 11.5 Å². The first-order chi connectivity index (χ1) is 19.3. The van der Waals surface area contributed by atoms with Crippen molar-refractivity contribution in [1.82, 2.24) is 20.1 Å². The molecule has 2 aromatic carbocycles. The summed E-state index contributed by atoms with van der Waals surface area (Å²) in [6.07, 6.45) is 0.517. The van der Waals surface area contributed by atoms with E-state index in [-0.39, 0.29) is 30.6 Å². The molecular formula is C30H41N5O5. The fourth-order valence-corrected chi connectivity index (χ4v) is 4.90. The molecule has 0 aromatic heterocycles. The number of hydrogen-bond donors (Lipinski definition) is 1. The summed E-state index contributed by atoms with van der Waals surface area (Å²) in [5.74, 6) is 1.06. The number of benzene rings is 2. The molecule has 216 valence electrons. The van der Waals surface area contributed by atoms with Gasteiger partial charge in [0.1, 0.15) is 18.0 Å². The number of hydrazone groups is 1. The number of urea groups is 1. The number of carbonyl (C=O) groups excluding carboxylic acids is 2. The van der Waals surface area contributed by atoms with Crippen molar-refractivity contribution in [1.29, 1.82) is 0 Å². The zero-order chi connectivity index (χ0) is 28.6. The smallest absolute Gasteiger partial charge is 0.318 e. The van der Waals surface area contributed by atoms with Crippen LogP contribution in [-0.2, 0) is 9.53 Å². The standard InChI is InChI=1S/C30H41N5O5/c1-21(2)31-30(37)34(13-12-33-14-16-40-17-15-33)20-29(36)35-27(23-8-6-22(3)7-9-23)19-26(32-35)25-11-10-24(38-4)18-28(25)39-5/h6-11,18,21,27H,12-17,19-20H2,1-5H3,(H,31,37)/t27-/m0/s1. The molecule has 1 atom stereocenters. The number of carbonyl (C=O) groups is 2. The largest absolute Gasteiger partial charge is 0.497 e. The zero-order valence-electron chi connectivity index (χ0n) is 24.2. The van der Waals surface area contributed by atoms with Crippen LogP contribution in [0, 0.1) is 6.92 Å². The molecule has 1 saturated heterocycles. The molecule has 10 nitrogen and oxygen atoms in total. The van der Waals surface area contributed by atoms with Crippen molar-refractivity contribution in [2.45, 2.75) is 39.3 Å². The molecule has 3 amide bonds. The molecule has 1 N–H and O–H groups in total. The fourth-order valence-electron chi connectivity index (χ4n) is 4.90. The summed E-state index contributed by atoms with van der Waals surface area (Å²) in [7, 11) is 3.21. The number of ether oxygens (including phenoxy) is 3. The minimum absolute atomic E-state index is 0.0484. The number of morpholine rings is 1. The highest BCUT2D eigenvalue weighted by atomic mass is 16.5. The van der Waals surface area contributed by atoms with E-state index in [2.05, 4.69) is 10.2 Å². The molecule has 0 spiro atoms. The van der Waals surface area contributed by atoms with Gasteiger partial charge in [-0.3, -0.25) is 9.69 Å². The van der Waals surface area contributed by atoms with Crippen LogP contribution < -0.4 is 14.8 Å². The van der Waals surface area contributed by atoms with Gasteiger partial charge in [-0.05, 0) is 38.5 Å². The van der Waals surface area contributed by atoms with Crippen molar-refractivity contribution < 1.29 is 23.8 Å². The Morgan fingerprint density at radius 1 is 1.10 bits per heavy atom. The van der Waals surface area contributed by atoms with Crippen molar-refractivity contribution in [2.75, 3.05) is 60.2 Å². The maximum absolute atomic E-state index is 13.9. The predicted octanol–water partition coefficient (Wildman–Crippen LogP) is 3.44. The molecule has 2 aromatic rings. The lowest BCUT2D eigenvalue weighted by atomic mass is 9.97. The Morgan fingerprint density at radius 3 is 2.48 bits per heavy atom. The highest BCUT2D eigenvalue weighted by Gasteiger charge is 2.35. The van der Waals surface area contributed by atoms with Crippen LogP contribution in [0.4, 0.5) is 4.79 Å². The van der Waals surface area contributed by atoms with Gasteiger partial charge in [-0.25, -0.2) is 9.80 Å². The van der Waals surface area contributed by atoms with Crippen molar-refractivity contribution in [3.63, 3.8) is 0 Å². The lowest BCUT2D eigenvalue weighted by Gasteiger charge is -2.31. The van der Waals surface area contributed by atoms with E-state index < -0.39 is 0 Å². The summed E-state index contributed by atoms with van der Waals surface area (Å²) in [6, 6.07) is 13.1. The van der Waals surface area contributed by atoms with Crippen LogP contribution in [-0.4, -0.2) is 98.7 Å². The van der Waals surface area contributed by atoms with E-state index in [9.17, 15) is 9.59 Å². The molecule has 4 rings (SSSR count). The van der Waals surface area contributed by atoms with E-state index in [1.807, 2.05) is 63.2 Å². The SMILES string of the molecule is COc1ccc(C2=NN(C(=O)CN(CCN3CCOCC3)C(=O)NC(C)C)[C@H](c3ccc(C)cc3)C2)c(OC)c1. The van der Waals surface area contributed by atoms with E-state index in [1.165, 1.54) is 5.01 Å². The quantitative estimate of drug-likeness (QED) is 0.486. The van der Waals surface area contributed by atoms with E-state index >= 15 is 0 Å². The minimum Gasteiger partial charge on any atom is -0.497 e. The summed E-state index contributed by atoms with van der Waals surface area (Å²) in [4.78, 5) is 30.9. The van der Waals surface area contributed by atoms with Crippen LogP contribution in [0.25, 0.3) is 0 Å². The Kier molecular flexibility index (Phi) is 10.0. The molecule has 40 heavy (non-hydrogen) atoms. The average molecular weight is 552 g/mol. The molecule has 0 saturated carbocycles. The highest BCUT2D eigenvalue weighted by Crippen LogP contribution is 2.36. The lowest BCUT2D eigenvalue weighted by molar-refractivity contribution is -0.133. The Morgan fingerprint density at radius 2 is 1.82 bits per heavy atom. The third-order valence-electron chi connectivity index (χ3n) is 7.16. The second-order valence-electron chi connectivity index (χ2n) is 10.5. The fraction of sp³-hybridized carbons (Fsp3) is 0.500. The number of amides is 3. The monoisotopic (exact) mass is 551 g/mol. The molecule has 2 heterocycles. The maximum atomic E-state index is 13.9. The Labute approximate surface area is 236 Å². The average Bonchev–Trinajstić information content (AvgIpc) is 3.40. The van der Waals surface area contributed by atoms with Gasteiger partial charge in [0.25, 0.3) is 5.91 Å². The third-order valence-corrected chi connectivity index (χ3v) is 7.16.